The molecule has 0 fully saturated rings. The lowest BCUT2D eigenvalue weighted by molar-refractivity contribution is 0.0173. The molecule has 11 heteroatoms. The molecule has 4 aromatic rings. The molecule has 0 aliphatic carbocycles. The van der Waals surface area contributed by atoms with Gasteiger partial charge in [-0.15, -0.1) is 0 Å². The summed E-state index contributed by atoms with van der Waals surface area (Å²) in [5.41, 5.74) is 1.40. The van der Waals surface area contributed by atoms with Crippen LogP contribution >= 0.6 is 11.9 Å². The van der Waals surface area contributed by atoms with E-state index in [-0.39, 0.29) is 5.56 Å². The third kappa shape index (κ3) is 3.73. The van der Waals surface area contributed by atoms with Crippen LogP contribution in [0.4, 0.5) is 14.5 Å². The average Bonchev–Trinajstić information content (AvgIpc) is 3.33. The number of aromatic nitrogens is 6. The van der Waals surface area contributed by atoms with Crippen LogP contribution in [0.25, 0.3) is 16.7 Å². The van der Waals surface area contributed by atoms with Crippen LogP contribution in [0.2, 0.25) is 0 Å². The van der Waals surface area contributed by atoms with Gasteiger partial charge in [-0.25, -0.2) is 23.4 Å². The van der Waals surface area contributed by atoms with Crippen molar-refractivity contribution in [2.24, 2.45) is 7.05 Å². The van der Waals surface area contributed by atoms with Crippen LogP contribution in [0.1, 0.15) is 12.5 Å². The lowest BCUT2D eigenvalue weighted by Crippen LogP contribution is -2.09. The number of hydrogen-bond acceptors (Lipinski definition) is 7. The third-order valence-electron chi connectivity index (χ3n) is 4.25. The van der Waals surface area contributed by atoms with E-state index in [0.29, 0.717) is 17.4 Å². The number of aryl methyl sites for hydroxylation is 1. The number of anilines is 1. The topological polar surface area (TPSA) is 82.7 Å². The molecule has 0 saturated heterocycles. The molecule has 0 spiro atoms. The highest BCUT2D eigenvalue weighted by molar-refractivity contribution is 8.00. The number of alkyl halides is 2. The van der Waals surface area contributed by atoms with E-state index in [1.165, 1.54) is 35.0 Å². The van der Waals surface area contributed by atoms with Gasteiger partial charge in [0.25, 0.3) is 5.92 Å². The zero-order chi connectivity index (χ0) is 20.6. The molecule has 0 unspecified atom stereocenters. The second-order valence-corrected chi connectivity index (χ2v) is 7.21. The molecular formula is C18H17F2N7OS. The minimum atomic E-state index is -2.95. The molecule has 0 bridgehead atoms. The van der Waals surface area contributed by atoms with Crippen molar-refractivity contribution in [3.8, 4) is 11.7 Å². The molecule has 4 heterocycles. The zero-order valence-corrected chi connectivity index (χ0v) is 16.6. The van der Waals surface area contributed by atoms with Crippen molar-refractivity contribution in [1.82, 2.24) is 29.5 Å². The quantitative estimate of drug-likeness (QED) is 0.478. The van der Waals surface area contributed by atoms with Gasteiger partial charge in [0.05, 0.1) is 29.9 Å². The summed E-state index contributed by atoms with van der Waals surface area (Å²) in [4.78, 5) is 9.16. The van der Waals surface area contributed by atoms with Gasteiger partial charge in [-0.1, -0.05) is 0 Å². The van der Waals surface area contributed by atoms with E-state index in [0.717, 1.165) is 22.7 Å². The second-order valence-electron chi connectivity index (χ2n) is 6.33. The molecule has 0 aromatic carbocycles. The van der Waals surface area contributed by atoms with Crippen molar-refractivity contribution >= 4 is 28.5 Å². The molecular weight excluding hydrogens is 400 g/mol. The Morgan fingerprint density at radius 2 is 2.00 bits per heavy atom. The van der Waals surface area contributed by atoms with Gasteiger partial charge in [0.15, 0.2) is 5.82 Å². The van der Waals surface area contributed by atoms with Crippen LogP contribution in [0, 0.1) is 0 Å². The summed E-state index contributed by atoms with van der Waals surface area (Å²) in [6, 6.07) is 2.61. The SMILES string of the molecule is COc1ncc2cnn(C)c2c1NSc1cnn(-c2cc(C(C)(F)F)ccn2)c1. The predicted molar refractivity (Wildman–Crippen MR) is 105 cm³/mol. The molecule has 0 aliphatic rings. The van der Waals surface area contributed by atoms with Crippen LogP contribution in [0.3, 0.4) is 0 Å². The first-order chi connectivity index (χ1) is 13.9. The molecule has 29 heavy (non-hydrogen) atoms. The van der Waals surface area contributed by atoms with Crippen molar-refractivity contribution in [2.45, 2.75) is 17.7 Å². The zero-order valence-electron chi connectivity index (χ0n) is 15.8. The summed E-state index contributed by atoms with van der Waals surface area (Å²) in [5.74, 6) is -2.21. The fourth-order valence-electron chi connectivity index (χ4n) is 2.81. The van der Waals surface area contributed by atoms with E-state index in [2.05, 4.69) is 24.9 Å². The number of fused-ring (bicyclic) bond motifs is 1. The minimum absolute atomic E-state index is 0.121. The molecule has 150 valence electrons. The van der Waals surface area contributed by atoms with Crippen molar-refractivity contribution in [3.63, 3.8) is 0 Å². The summed E-state index contributed by atoms with van der Waals surface area (Å²) in [6.45, 7) is 0.848. The Labute approximate surface area is 169 Å². The van der Waals surface area contributed by atoms with Gasteiger partial charge < -0.3 is 9.46 Å². The first-order valence-electron chi connectivity index (χ1n) is 8.54. The van der Waals surface area contributed by atoms with Crippen molar-refractivity contribution in [1.29, 1.82) is 0 Å². The van der Waals surface area contributed by atoms with Gasteiger partial charge in [0.2, 0.25) is 5.88 Å². The van der Waals surface area contributed by atoms with Crippen LogP contribution in [0.5, 0.6) is 5.88 Å². The molecule has 4 rings (SSSR count). The number of rotatable bonds is 6. The molecule has 8 nitrogen and oxygen atoms in total. The number of pyridine rings is 2. The third-order valence-corrected chi connectivity index (χ3v) is 5.00. The van der Waals surface area contributed by atoms with Gasteiger partial charge in [0.1, 0.15) is 5.69 Å². The van der Waals surface area contributed by atoms with E-state index in [9.17, 15) is 8.78 Å². The normalized spacial score (nSPS) is 11.8. The number of methoxy groups -OCH3 is 1. The number of ether oxygens (including phenoxy) is 1. The Bertz CT molecular complexity index is 1170. The van der Waals surface area contributed by atoms with E-state index in [4.69, 9.17) is 4.74 Å². The van der Waals surface area contributed by atoms with Gasteiger partial charge in [-0.3, -0.25) is 4.68 Å². The van der Waals surface area contributed by atoms with Crippen molar-refractivity contribution in [2.75, 3.05) is 11.8 Å². The number of hydrogen-bond donors (Lipinski definition) is 1. The highest BCUT2D eigenvalue weighted by Gasteiger charge is 2.25. The maximum Gasteiger partial charge on any atom is 0.270 e. The molecule has 0 aliphatic heterocycles. The Balaban J connectivity index is 1.59. The first kappa shape index (κ1) is 19.1. The first-order valence-corrected chi connectivity index (χ1v) is 9.35. The highest BCUT2D eigenvalue weighted by Crippen LogP contribution is 2.34. The van der Waals surface area contributed by atoms with E-state index < -0.39 is 5.92 Å². The predicted octanol–water partition coefficient (Wildman–Crippen LogP) is 3.79. The lowest BCUT2D eigenvalue weighted by atomic mass is 10.1. The van der Waals surface area contributed by atoms with E-state index in [1.54, 1.807) is 36.6 Å². The average molecular weight is 417 g/mol. The standard InChI is InChI=1S/C18H17F2N7OS/c1-18(19,20)12-4-5-21-14(6-12)27-10-13(9-24-27)29-25-15-16-11(8-23-26(16)2)7-22-17(15)28-3/h4-10,25H,1-3H3. The van der Waals surface area contributed by atoms with Crippen LogP contribution in [-0.2, 0) is 13.0 Å². The van der Waals surface area contributed by atoms with Gasteiger partial charge in [-0.05, 0) is 24.1 Å². The highest BCUT2D eigenvalue weighted by atomic mass is 32.2. The summed E-state index contributed by atoms with van der Waals surface area (Å²) in [7, 11) is 3.37. The van der Waals surface area contributed by atoms with Crippen LogP contribution < -0.4 is 9.46 Å². The Kier molecular flexibility index (Phi) is 4.82. The number of nitrogens with one attached hydrogen (secondary N) is 1. The molecule has 0 radical (unpaired) electrons. The van der Waals surface area contributed by atoms with Crippen molar-refractivity contribution in [3.05, 3.63) is 48.7 Å². The fraction of sp³-hybridized carbons (Fsp3) is 0.222. The van der Waals surface area contributed by atoms with Crippen molar-refractivity contribution < 1.29 is 13.5 Å². The van der Waals surface area contributed by atoms with Crippen LogP contribution in [-0.4, -0.2) is 36.6 Å². The minimum Gasteiger partial charge on any atom is -0.479 e. The summed E-state index contributed by atoms with van der Waals surface area (Å²) in [6.07, 6.45) is 8.06. The molecule has 0 amide bonds. The molecule has 0 atom stereocenters. The number of halogens is 2. The Morgan fingerprint density at radius 3 is 2.76 bits per heavy atom. The maximum absolute atomic E-state index is 13.6. The van der Waals surface area contributed by atoms with Gasteiger partial charge in [0, 0.05) is 43.5 Å². The van der Waals surface area contributed by atoms with E-state index in [1.807, 2.05) is 7.05 Å². The van der Waals surface area contributed by atoms with E-state index >= 15 is 0 Å². The fourth-order valence-corrected chi connectivity index (χ4v) is 3.46. The maximum atomic E-state index is 13.6. The molecule has 0 saturated carbocycles. The Hall–Kier alpha value is -3.21. The summed E-state index contributed by atoms with van der Waals surface area (Å²) >= 11 is 1.28. The van der Waals surface area contributed by atoms with Crippen LogP contribution in [0.15, 0.2) is 48.0 Å². The van der Waals surface area contributed by atoms with Gasteiger partial charge >= 0.3 is 0 Å². The van der Waals surface area contributed by atoms with Gasteiger partial charge in [-0.2, -0.15) is 10.2 Å². The second kappa shape index (κ2) is 7.32. The monoisotopic (exact) mass is 417 g/mol. The lowest BCUT2D eigenvalue weighted by Gasteiger charge is -2.11. The molecule has 4 aromatic heterocycles. The number of nitrogens with zero attached hydrogens (tertiary/aromatic N) is 6. The Morgan fingerprint density at radius 1 is 1.17 bits per heavy atom. The largest absolute Gasteiger partial charge is 0.479 e. The molecule has 1 N–H and O–H groups in total. The summed E-state index contributed by atoms with van der Waals surface area (Å²) < 4.78 is 38.9. The summed E-state index contributed by atoms with van der Waals surface area (Å²) in [5, 5.41) is 9.33. The smallest absolute Gasteiger partial charge is 0.270 e.